The van der Waals surface area contributed by atoms with Crippen LogP contribution in [0.1, 0.15) is 42.8 Å². The lowest BCUT2D eigenvalue weighted by Gasteiger charge is -2.39. The zero-order valence-corrected chi connectivity index (χ0v) is 33.2. The molecule has 0 N–H and O–H groups in total. The van der Waals surface area contributed by atoms with Gasteiger partial charge in [0.05, 0.1) is 0 Å². The van der Waals surface area contributed by atoms with E-state index in [-0.39, 0.29) is 0 Å². The average molecular weight is 747 g/mol. The van der Waals surface area contributed by atoms with Gasteiger partial charge < -0.3 is 0 Å². The number of hydrogen-bond donors (Lipinski definition) is 0. The lowest BCUT2D eigenvalue weighted by Crippen LogP contribution is -2.67. The van der Waals surface area contributed by atoms with Crippen molar-refractivity contribution in [2.75, 3.05) is 0 Å². The first-order valence-corrected chi connectivity index (χ1v) is 25.0. The van der Waals surface area contributed by atoms with Gasteiger partial charge >= 0.3 is 0 Å². The minimum atomic E-state index is -4.52. The molecule has 2 aliphatic rings. The Morgan fingerprint density at radius 2 is 1.06 bits per heavy atom. The van der Waals surface area contributed by atoms with Gasteiger partial charge in [-0.2, -0.15) is 0 Å². The zero-order chi connectivity index (χ0) is 45.1. The monoisotopic (exact) mass is 746 g/mol. The third kappa shape index (κ3) is 5.23. The van der Waals surface area contributed by atoms with Gasteiger partial charge in [-0.05, 0) is 70.5 Å². The van der Waals surface area contributed by atoms with Gasteiger partial charge in [-0.25, -0.2) is 0 Å². The zero-order valence-electron chi connectivity index (χ0n) is 40.5. The summed E-state index contributed by atoms with van der Waals surface area (Å²) in [5.41, 5.74) is 2.18. The molecule has 0 radical (unpaired) electrons. The summed E-state index contributed by atoms with van der Waals surface area (Å²) in [6, 6.07) is 41.8. The van der Waals surface area contributed by atoms with E-state index in [1.165, 1.54) is 23.5 Å². The summed E-state index contributed by atoms with van der Waals surface area (Å²) in [5, 5.41) is 4.46. The highest BCUT2D eigenvalue weighted by atomic mass is 32.2. The predicted octanol–water partition coefficient (Wildman–Crippen LogP) is 8.33. The molecule has 0 fully saturated rings. The van der Waals surface area contributed by atoms with Crippen LogP contribution in [0.3, 0.4) is 0 Å². The molecule has 0 saturated carbocycles. The summed E-state index contributed by atoms with van der Waals surface area (Å²) in [5.74, 6) is 0. The summed E-state index contributed by atoms with van der Waals surface area (Å²) in [6.45, 7) is -2.62. The molecule has 1 atom stereocenters. The van der Waals surface area contributed by atoms with Gasteiger partial charge in [-0.1, -0.05) is 198 Å². The Balaban J connectivity index is 1.46. The predicted molar refractivity (Wildman–Crippen MR) is 229 cm³/mol. The minimum Gasteiger partial charge on any atom is -0.0904 e. The Labute approximate surface area is 327 Å². The quantitative estimate of drug-likeness (QED) is 0.132. The second-order valence-electron chi connectivity index (χ2n) is 14.6. The maximum atomic E-state index is 9.05. The molecule has 0 saturated heterocycles. The van der Waals surface area contributed by atoms with Gasteiger partial charge in [0.2, 0.25) is 0 Å². The minimum absolute atomic E-state index is 0.370. The van der Waals surface area contributed by atoms with E-state index in [1.807, 2.05) is 60.7 Å². The topological polar surface area (TPSA) is 0 Å². The van der Waals surface area contributed by atoms with Crippen LogP contribution in [-0.4, -0.2) is 24.2 Å². The summed E-state index contributed by atoms with van der Waals surface area (Å²) in [7, 11) is -12.3. The van der Waals surface area contributed by atoms with Crippen molar-refractivity contribution in [3.63, 3.8) is 0 Å². The number of benzene rings is 6. The van der Waals surface area contributed by atoms with E-state index < -0.39 is 55.5 Å². The highest BCUT2D eigenvalue weighted by Gasteiger charge is 2.43. The molecule has 250 valence electrons. The van der Waals surface area contributed by atoms with Crippen molar-refractivity contribution in [1.29, 1.82) is 0 Å². The smallest absolute Gasteiger partial charge is 0.0904 e. The number of rotatable bonds is 4. The Morgan fingerprint density at radius 3 is 1.68 bits per heavy atom. The van der Waals surface area contributed by atoms with Gasteiger partial charge in [0, 0.05) is 36.0 Å². The highest BCUT2D eigenvalue weighted by Crippen LogP contribution is 2.42. The molecule has 2 heterocycles. The van der Waals surface area contributed by atoms with Crippen molar-refractivity contribution in [3.8, 4) is 11.1 Å². The van der Waals surface area contributed by atoms with Crippen molar-refractivity contribution in [3.05, 3.63) is 139 Å². The van der Waals surface area contributed by atoms with Gasteiger partial charge in [0.15, 0.2) is 0 Å². The first kappa shape index (κ1) is 22.6. The molecule has 0 bridgehead atoms. The summed E-state index contributed by atoms with van der Waals surface area (Å²) in [4.78, 5) is 2.59. The van der Waals surface area contributed by atoms with E-state index in [1.54, 1.807) is 42.5 Å². The lowest BCUT2D eigenvalue weighted by atomic mass is 9.82. The van der Waals surface area contributed by atoms with Gasteiger partial charge in [-0.15, -0.1) is 0 Å². The number of fused-ring (bicyclic) bond motifs is 4. The molecule has 0 nitrogen and oxygen atoms in total. The fourth-order valence-corrected chi connectivity index (χ4v) is 20.5. The molecule has 1 unspecified atom stereocenters. The van der Waals surface area contributed by atoms with Crippen molar-refractivity contribution in [1.82, 2.24) is 0 Å². The standard InChI is InChI=1S/C45H46S2Si3/c1-45(2,3)35-29-28-32(30-34(35)33-20-16-25-40-43(33)46-36-21-12-14-23-38(36)48(40,4)5)50(8,31-18-10-9-11-19-31)42-27-17-26-41-44(42)47-37-22-13-15-24-39(37)49(41,6)7/h9-30H,1-8H3/i4D3,5D3,6D3,7D3. The van der Waals surface area contributed by atoms with Crippen LogP contribution in [0.5, 0.6) is 0 Å². The largest absolute Gasteiger partial charge is 0.146 e. The second-order valence-corrected chi connectivity index (χ2v) is 25.8. The fraction of sp³-hybridized carbons (Fsp3) is 0.200. The van der Waals surface area contributed by atoms with Crippen LogP contribution in [0.4, 0.5) is 0 Å². The van der Waals surface area contributed by atoms with Crippen LogP contribution in [0.15, 0.2) is 153 Å². The lowest BCUT2D eigenvalue weighted by molar-refractivity contribution is 0.592. The van der Waals surface area contributed by atoms with Gasteiger partial charge in [0.1, 0.15) is 24.2 Å². The van der Waals surface area contributed by atoms with Crippen molar-refractivity contribution in [2.45, 2.75) is 78.2 Å². The van der Waals surface area contributed by atoms with Crippen molar-refractivity contribution in [2.24, 2.45) is 0 Å². The van der Waals surface area contributed by atoms with Crippen LogP contribution in [-0.2, 0) is 5.41 Å². The fourth-order valence-electron chi connectivity index (χ4n) is 7.71. The molecule has 6 aromatic rings. The molecule has 6 aromatic carbocycles. The first-order chi connectivity index (χ1) is 28.8. The first-order valence-electron chi connectivity index (χ1n) is 22.9. The van der Waals surface area contributed by atoms with E-state index in [9.17, 15) is 0 Å². The highest BCUT2D eigenvalue weighted by molar-refractivity contribution is 8.00. The Kier molecular flexibility index (Phi) is 5.48. The summed E-state index contributed by atoms with van der Waals surface area (Å²) >= 11 is 2.87. The molecule has 50 heavy (non-hydrogen) atoms. The second kappa shape index (κ2) is 12.1. The molecule has 8 rings (SSSR count). The summed E-state index contributed by atoms with van der Waals surface area (Å²) < 4.78 is 108. The van der Waals surface area contributed by atoms with Crippen molar-refractivity contribution < 1.29 is 16.4 Å². The molecule has 0 aliphatic carbocycles. The third-order valence-electron chi connectivity index (χ3n) is 10.4. The van der Waals surface area contributed by atoms with Crippen LogP contribution in [0.25, 0.3) is 11.1 Å². The van der Waals surface area contributed by atoms with Crippen LogP contribution < -0.4 is 36.3 Å². The number of hydrogen-bond acceptors (Lipinski definition) is 2. The molecule has 0 amide bonds. The van der Waals surface area contributed by atoms with Gasteiger partial charge in [-0.3, -0.25) is 0 Å². The van der Waals surface area contributed by atoms with E-state index in [2.05, 4.69) is 57.7 Å². The van der Waals surface area contributed by atoms with Gasteiger partial charge in [0.25, 0.3) is 0 Å². The average Bonchev–Trinajstić information content (AvgIpc) is 3.19. The molecule has 0 aromatic heterocycles. The van der Waals surface area contributed by atoms with E-state index in [4.69, 9.17) is 16.4 Å². The molecular weight excluding hydrogens is 689 g/mol. The Hall–Kier alpha value is -3.33. The van der Waals surface area contributed by atoms with E-state index in [0.717, 1.165) is 32.3 Å². The molecule has 2 aliphatic heterocycles. The molecule has 5 heteroatoms. The van der Waals surface area contributed by atoms with Crippen LogP contribution >= 0.6 is 23.5 Å². The van der Waals surface area contributed by atoms with E-state index in [0.29, 0.717) is 40.3 Å². The summed E-state index contributed by atoms with van der Waals surface area (Å²) in [6.07, 6.45) is 0. The molecule has 0 spiro atoms. The third-order valence-corrected chi connectivity index (χ3v) is 23.2. The van der Waals surface area contributed by atoms with Crippen molar-refractivity contribution >= 4 is 84.1 Å². The van der Waals surface area contributed by atoms with Crippen LogP contribution in [0.2, 0.25) is 32.4 Å². The molecular formula is C45H46S2Si3. The normalized spacial score (nSPS) is 21.3. The van der Waals surface area contributed by atoms with Crippen LogP contribution in [0, 0.1) is 0 Å². The Morgan fingerprint density at radius 1 is 0.520 bits per heavy atom. The maximum absolute atomic E-state index is 9.05. The van der Waals surface area contributed by atoms with E-state index >= 15 is 0 Å². The Bertz CT molecular complexity index is 2690. The maximum Gasteiger partial charge on any atom is 0.146 e. The SMILES string of the molecule is [2H]C([2H])([2H])[Si]1(C([2H])([2H])[2H])c2ccccc2Sc2c(-c3cc([Si](C)(c4ccccc4)c4cccc5c4Sc4ccccc4[Si]5(C([2H])([2H])[2H])C([2H])([2H])[2H])ccc3C(C)(C)C)cccc21.